The number of nitrogens with zero attached hydrogens (tertiary/aromatic N) is 2. The summed E-state index contributed by atoms with van der Waals surface area (Å²) >= 11 is 0. The van der Waals surface area contributed by atoms with Crippen LogP contribution in [0.3, 0.4) is 0 Å². The lowest BCUT2D eigenvalue weighted by Crippen LogP contribution is -2.55. The van der Waals surface area contributed by atoms with E-state index >= 15 is 0 Å². The number of methoxy groups -OCH3 is 1. The van der Waals surface area contributed by atoms with Crippen LogP contribution in [0.1, 0.15) is 27.9 Å². The molecule has 3 aliphatic heterocycles. The van der Waals surface area contributed by atoms with Gasteiger partial charge >= 0.3 is 6.03 Å². The van der Waals surface area contributed by atoms with Crippen LogP contribution in [0, 0.1) is 0 Å². The van der Waals surface area contributed by atoms with Crippen LogP contribution in [0.5, 0.6) is 5.75 Å². The number of nitrogens with one attached hydrogen (secondary N) is 2. The first-order valence-electron chi connectivity index (χ1n) is 11.7. The normalized spacial score (nSPS) is 21.9. The highest BCUT2D eigenvalue weighted by atomic mass is 16.5. The Hall–Kier alpha value is -3.85. The molecule has 4 amide bonds. The van der Waals surface area contributed by atoms with E-state index in [-0.39, 0.29) is 17.8 Å². The van der Waals surface area contributed by atoms with Gasteiger partial charge in [-0.3, -0.25) is 9.59 Å². The predicted octanol–water partition coefficient (Wildman–Crippen LogP) is 2.44. The molecule has 0 saturated carbocycles. The largest absolute Gasteiger partial charge is 0.497 e. The number of ether oxygens (including phenoxy) is 2. The summed E-state index contributed by atoms with van der Waals surface area (Å²) in [5.74, 6) is 0.280. The maximum absolute atomic E-state index is 13.4. The molecule has 0 radical (unpaired) electrons. The molecule has 2 atom stereocenters. The molecule has 9 nitrogen and oxygen atoms in total. The molecule has 3 heterocycles. The number of carbonyl (C=O) groups excluding carboxylic acids is 3. The highest BCUT2D eigenvalue weighted by Crippen LogP contribution is 2.30. The summed E-state index contributed by atoms with van der Waals surface area (Å²) in [5, 5.41) is 5.86. The minimum absolute atomic E-state index is 0.217. The zero-order valence-electron chi connectivity index (χ0n) is 19.5. The van der Waals surface area contributed by atoms with Crippen molar-refractivity contribution in [3.8, 4) is 5.75 Å². The van der Waals surface area contributed by atoms with Gasteiger partial charge in [-0.15, -0.1) is 0 Å². The van der Waals surface area contributed by atoms with Crippen LogP contribution in [0.4, 0.5) is 10.5 Å². The van der Waals surface area contributed by atoms with Crippen molar-refractivity contribution >= 4 is 35.7 Å². The van der Waals surface area contributed by atoms with E-state index in [0.29, 0.717) is 50.5 Å². The number of morpholine rings is 1. The molecule has 0 spiro atoms. The number of anilines is 1. The van der Waals surface area contributed by atoms with Crippen molar-refractivity contribution in [2.24, 2.45) is 0 Å². The number of benzene rings is 2. The van der Waals surface area contributed by atoms with Gasteiger partial charge in [0.1, 0.15) is 11.8 Å². The van der Waals surface area contributed by atoms with Crippen molar-refractivity contribution in [2.45, 2.75) is 18.5 Å². The molecule has 2 saturated heterocycles. The minimum atomic E-state index is -0.752. The zero-order valence-corrected chi connectivity index (χ0v) is 19.5. The molecule has 0 aromatic heterocycles. The van der Waals surface area contributed by atoms with Gasteiger partial charge in [-0.25, -0.2) is 4.79 Å². The van der Waals surface area contributed by atoms with E-state index in [0.717, 1.165) is 16.9 Å². The summed E-state index contributed by atoms with van der Waals surface area (Å²) in [4.78, 5) is 42.5. The third-order valence-electron chi connectivity index (χ3n) is 6.65. The number of amides is 4. The molecule has 2 N–H and O–H groups in total. The Morgan fingerprint density at radius 2 is 1.77 bits per heavy atom. The Morgan fingerprint density at radius 1 is 1.06 bits per heavy atom. The quantitative estimate of drug-likeness (QED) is 0.661. The summed E-state index contributed by atoms with van der Waals surface area (Å²) in [7, 11) is 1.63. The maximum atomic E-state index is 13.4. The lowest BCUT2D eigenvalue weighted by atomic mass is 10.1. The number of rotatable bonds is 4. The smallest absolute Gasteiger partial charge is 0.317 e. The van der Waals surface area contributed by atoms with Crippen LogP contribution in [0.2, 0.25) is 0 Å². The molecule has 2 fully saturated rings. The van der Waals surface area contributed by atoms with E-state index in [1.807, 2.05) is 42.5 Å². The molecule has 0 bridgehead atoms. The number of urea groups is 1. The van der Waals surface area contributed by atoms with Crippen molar-refractivity contribution in [3.05, 3.63) is 59.2 Å². The molecule has 182 valence electrons. The van der Waals surface area contributed by atoms with Crippen LogP contribution < -0.4 is 15.4 Å². The topological polar surface area (TPSA) is 100 Å². The van der Waals surface area contributed by atoms with E-state index in [2.05, 4.69) is 10.6 Å². The first-order valence-corrected chi connectivity index (χ1v) is 11.7. The Balaban J connectivity index is 1.33. The van der Waals surface area contributed by atoms with Crippen molar-refractivity contribution in [1.29, 1.82) is 0 Å². The summed E-state index contributed by atoms with van der Waals surface area (Å²) in [6.45, 7) is 2.41. The SMILES string of the molecule is COc1ccc(C=Cc2ccc3c(c2)C(=O)N2CCC(NC(=O)N4CCOCC4)C2C(=O)N3)cc1. The highest BCUT2D eigenvalue weighted by Gasteiger charge is 2.45. The van der Waals surface area contributed by atoms with Gasteiger partial charge in [-0.2, -0.15) is 0 Å². The van der Waals surface area contributed by atoms with E-state index in [1.54, 1.807) is 29.0 Å². The Bertz CT molecular complexity index is 1160. The number of fused-ring (bicyclic) bond motifs is 2. The third-order valence-corrected chi connectivity index (χ3v) is 6.65. The number of hydrogen-bond donors (Lipinski definition) is 2. The molecule has 3 aliphatic rings. The molecular formula is C26H28N4O5. The highest BCUT2D eigenvalue weighted by molar-refractivity contribution is 6.11. The van der Waals surface area contributed by atoms with E-state index < -0.39 is 12.1 Å². The molecule has 2 aromatic rings. The van der Waals surface area contributed by atoms with Gasteiger partial charge in [0, 0.05) is 19.6 Å². The van der Waals surface area contributed by atoms with E-state index in [9.17, 15) is 14.4 Å². The number of hydrogen-bond acceptors (Lipinski definition) is 5. The average molecular weight is 477 g/mol. The van der Waals surface area contributed by atoms with Gasteiger partial charge < -0.3 is 29.9 Å². The molecule has 0 aliphatic carbocycles. The Labute approximate surface area is 203 Å². The fourth-order valence-corrected chi connectivity index (χ4v) is 4.73. The lowest BCUT2D eigenvalue weighted by molar-refractivity contribution is -0.120. The Morgan fingerprint density at radius 3 is 2.51 bits per heavy atom. The fraction of sp³-hybridized carbons (Fsp3) is 0.346. The first kappa shape index (κ1) is 22.9. The van der Waals surface area contributed by atoms with Crippen molar-refractivity contribution < 1.29 is 23.9 Å². The standard InChI is InChI=1S/C26H28N4O5/c1-34-19-7-4-17(5-8-19)2-3-18-6-9-21-20(16-18)25(32)30-11-10-22(23(30)24(31)27-21)28-26(33)29-12-14-35-15-13-29/h2-9,16,22-23H,10-15H2,1H3,(H,27,31)(H,28,33). The molecule has 5 rings (SSSR count). The van der Waals surface area contributed by atoms with Crippen molar-refractivity contribution in [1.82, 2.24) is 15.1 Å². The van der Waals surface area contributed by atoms with Gasteiger partial charge in [0.2, 0.25) is 5.91 Å². The van der Waals surface area contributed by atoms with Gasteiger partial charge in [0.15, 0.2) is 0 Å². The summed E-state index contributed by atoms with van der Waals surface area (Å²) < 4.78 is 10.5. The second kappa shape index (κ2) is 9.79. The molecule has 2 aromatic carbocycles. The molecule has 9 heteroatoms. The second-order valence-electron chi connectivity index (χ2n) is 8.79. The second-order valence-corrected chi connectivity index (χ2v) is 8.79. The molecule has 2 unspecified atom stereocenters. The molecule has 35 heavy (non-hydrogen) atoms. The minimum Gasteiger partial charge on any atom is -0.497 e. The summed E-state index contributed by atoms with van der Waals surface area (Å²) in [6, 6.07) is 11.6. The lowest BCUT2D eigenvalue weighted by Gasteiger charge is -2.30. The summed E-state index contributed by atoms with van der Waals surface area (Å²) in [5.41, 5.74) is 2.77. The van der Waals surface area contributed by atoms with Gasteiger partial charge in [0.25, 0.3) is 5.91 Å². The number of carbonyl (C=O) groups is 3. The van der Waals surface area contributed by atoms with Crippen molar-refractivity contribution in [2.75, 3.05) is 45.3 Å². The van der Waals surface area contributed by atoms with Gasteiger partial charge in [0.05, 0.1) is 37.6 Å². The monoisotopic (exact) mass is 476 g/mol. The zero-order chi connectivity index (χ0) is 24.4. The molecular weight excluding hydrogens is 448 g/mol. The van der Waals surface area contributed by atoms with Crippen LogP contribution >= 0.6 is 0 Å². The maximum Gasteiger partial charge on any atom is 0.317 e. The van der Waals surface area contributed by atoms with Crippen LogP contribution in [0.15, 0.2) is 42.5 Å². The van der Waals surface area contributed by atoms with Crippen LogP contribution in [-0.4, -0.2) is 79.7 Å². The fourth-order valence-electron chi connectivity index (χ4n) is 4.73. The first-order chi connectivity index (χ1) is 17.0. The van der Waals surface area contributed by atoms with Gasteiger partial charge in [-0.1, -0.05) is 30.4 Å². The average Bonchev–Trinajstić information content (AvgIpc) is 3.27. The van der Waals surface area contributed by atoms with E-state index in [4.69, 9.17) is 9.47 Å². The third kappa shape index (κ3) is 4.72. The van der Waals surface area contributed by atoms with Crippen LogP contribution in [-0.2, 0) is 9.53 Å². The van der Waals surface area contributed by atoms with E-state index in [1.165, 1.54) is 0 Å². The summed E-state index contributed by atoms with van der Waals surface area (Å²) in [6.07, 6.45) is 4.40. The van der Waals surface area contributed by atoms with Crippen molar-refractivity contribution in [3.63, 3.8) is 0 Å². The Kier molecular flexibility index (Phi) is 6.41. The predicted molar refractivity (Wildman–Crippen MR) is 131 cm³/mol. The van der Waals surface area contributed by atoms with Gasteiger partial charge in [-0.05, 0) is 41.8 Å². The van der Waals surface area contributed by atoms with Crippen LogP contribution in [0.25, 0.3) is 12.2 Å².